The van der Waals surface area contributed by atoms with Gasteiger partial charge in [-0.05, 0) is 6.07 Å². The van der Waals surface area contributed by atoms with Gasteiger partial charge in [0.15, 0.2) is 17.2 Å². The highest BCUT2D eigenvalue weighted by Crippen LogP contribution is 2.34. The van der Waals surface area contributed by atoms with E-state index in [2.05, 4.69) is 10.3 Å². The molecule has 2 aliphatic rings. The van der Waals surface area contributed by atoms with Gasteiger partial charge in [0.25, 0.3) is 5.88 Å². The zero-order valence-electron chi connectivity index (χ0n) is 12.0. The Morgan fingerprint density at radius 3 is 2.73 bits per heavy atom. The zero-order valence-corrected chi connectivity index (χ0v) is 12.0. The number of fused-ring (bicyclic) bond motifs is 2. The molecule has 0 unspecified atom stereocenters. The number of hydrogen-bond donors (Lipinski definition) is 1. The molecule has 22 heavy (non-hydrogen) atoms. The van der Waals surface area contributed by atoms with Gasteiger partial charge in [-0.3, -0.25) is 0 Å². The number of para-hydroxylation sites is 1. The maximum Gasteiger partial charge on any atom is 0.257 e. The maximum atomic E-state index is 5.71. The molecule has 0 atom stereocenters. The highest BCUT2D eigenvalue weighted by atomic mass is 16.6. The quantitative estimate of drug-likeness (QED) is 0.938. The third-order valence-electron chi connectivity index (χ3n) is 3.53. The van der Waals surface area contributed by atoms with Gasteiger partial charge in [-0.1, -0.05) is 12.1 Å². The van der Waals surface area contributed by atoms with Crippen molar-refractivity contribution in [3.63, 3.8) is 0 Å². The molecule has 0 radical (unpaired) electrons. The summed E-state index contributed by atoms with van der Waals surface area (Å²) >= 11 is 0. The van der Waals surface area contributed by atoms with E-state index in [4.69, 9.17) is 18.9 Å². The van der Waals surface area contributed by atoms with Crippen molar-refractivity contribution in [1.29, 1.82) is 0 Å². The molecule has 0 amide bonds. The molecule has 114 valence electrons. The van der Waals surface area contributed by atoms with Crippen LogP contribution in [0.25, 0.3) is 0 Å². The summed E-state index contributed by atoms with van der Waals surface area (Å²) in [6.45, 7) is 2.88. The first-order valence-corrected chi connectivity index (χ1v) is 7.27. The van der Waals surface area contributed by atoms with Crippen LogP contribution in [-0.4, -0.2) is 31.4 Å². The highest BCUT2D eigenvalue weighted by molar-refractivity contribution is 5.53. The van der Waals surface area contributed by atoms with E-state index in [9.17, 15) is 0 Å². The number of pyridine rings is 1. The van der Waals surface area contributed by atoms with E-state index in [-0.39, 0.29) is 0 Å². The van der Waals surface area contributed by atoms with Crippen LogP contribution in [0.1, 0.15) is 5.56 Å². The molecule has 0 spiro atoms. The number of aromatic nitrogens is 1. The number of rotatable bonds is 3. The van der Waals surface area contributed by atoms with Crippen LogP contribution < -0.4 is 24.3 Å². The average molecular weight is 300 g/mol. The van der Waals surface area contributed by atoms with Gasteiger partial charge in [0, 0.05) is 18.2 Å². The molecule has 1 aromatic carbocycles. The van der Waals surface area contributed by atoms with Gasteiger partial charge in [-0.2, -0.15) is 0 Å². The molecular formula is C16H16N2O4. The smallest absolute Gasteiger partial charge is 0.257 e. The van der Waals surface area contributed by atoms with Crippen LogP contribution in [0.15, 0.2) is 30.5 Å². The first-order chi connectivity index (χ1) is 10.9. The average Bonchev–Trinajstić information content (AvgIpc) is 2.60. The fraction of sp³-hybridized carbons (Fsp3) is 0.312. The lowest BCUT2D eigenvalue weighted by Crippen LogP contribution is -2.17. The topological polar surface area (TPSA) is 61.8 Å². The van der Waals surface area contributed by atoms with E-state index in [0.29, 0.717) is 44.6 Å². The Bertz CT molecular complexity index is 690. The van der Waals surface area contributed by atoms with Crippen molar-refractivity contribution in [2.45, 2.75) is 6.54 Å². The summed E-state index contributed by atoms with van der Waals surface area (Å²) in [5, 5.41) is 3.33. The molecule has 1 N–H and O–H groups in total. The van der Waals surface area contributed by atoms with E-state index in [1.165, 1.54) is 0 Å². The summed E-state index contributed by atoms with van der Waals surface area (Å²) in [4.78, 5) is 4.25. The molecule has 6 nitrogen and oxygen atoms in total. The Kier molecular flexibility index (Phi) is 3.34. The summed E-state index contributed by atoms with van der Waals surface area (Å²) in [6, 6.07) is 7.80. The van der Waals surface area contributed by atoms with Crippen molar-refractivity contribution < 1.29 is 18.9 Å². The van der Waals surface area contributed by atoms with Crippen LogP contribution in [0, 0.1) is 0 Å². The Labute approximate surface area is 128 Å². The Morgan fingerprint density at radius 2 is 1.77 bits per heavy atom. The number of hydrogen-bond acceptors (Lipinski definition) is 6. The predicted octanol–water partition coefficient (Wildman–Crippen LogP) is 2.24. The Balaban J connectivity index is 1.51. The third-order valence-corrected chi connectivity index (χ3v) is 3.53. The lowest BCUT2D eigenvalue weighted by molar-refractivity contribution is 0.164. The van der Waals surface area contributed by atoms with E-state index >= 15 is 0 Å². The molecule has 0 bridgehead atoms. The minimum atomic E-state index is 0.542. The van der Waals surface area contributed by atoms with Crippen molar-refractivity contribution in [3.8, 4) is 23.1 Å². The van der Waals surface area contributed by atoms with Gasteiger partial charge in [-0.25, -0.2) is 4.98 Å². The SMILES string of the molecule is c1cc(CNc2cnc3c(c2)OCCO3)c2c(c1)OCCO2. The van der Waals surface area contributed by atoms with E-state index in [1.807, 2.05) is 24.3 Å². The van der Waals surface area contributed by atoms with Gasteiger partial charge in [0.1, 0.15) is 26.4 Å². The van der Waals surface area contributed by atoms with E-state index < -0.39 is 0 Å². The second-order valence-electron chi connectivity index (χ2n) is 5.02. The van der Waals surface area contributed by atoms with Crippen LogP contribution in [-0.2, 0) is 6.54 Å². The highest BCUT2D eigenvalue weighted by Gasteiger charge is 2.16. The Hall–Kier alpha value is -2.63. The number of anilines is 1. The minimum Gasteiger partial charge on any atom is -0.486 e. The third kappa shape index (κ3) is 2.47. The second-order valence-corrected chi connectivity index (χ2v) is 5.02. The summed E-state index contributed by atoms with van der Waals surface area (Å²) in [7, 11) is 0. The Morgan fingerprint density at radius 1 is 0.955 bits per heavy atom. The first-order valence-electron chi connectivity index (χ1n) is 7.27. The molecule has 0 saturated heterocycles. The zero-order chi connectivity index (χ0) is 14.8. The molecule has 0 fully saturated rings. The molecule has 0 aliphatic carbocycles. The van der Waals surface area contributed by atoms with Crippen LogP contribution in [0.4, 0.5) is 5.69 Å². The largest absolute Gasteiger partial charge is 0.486 e. The normalized spacial score (nSPS) is 15.3. The van der Waals surface area contributed by atoms with Crippen LogP contribution in [0.5, 0.6) is 23.1 Å². The fourth-order valence-corrected chi connectivity index (χ4v) is 2.50. The summed E-state index contributed by atoms with van der Waals surface area (Å²) < 4.78 is 22.2. The van der Waals surface area contributed by atoms with Crippen molar-refractivity contribution in [2.24, 2.45) is 0 Å². The second kappa shape index (κ2) is 5.63. The molecule has 2 aliphatic heterocycles. The van der Waals surface area contributed by atoms with E-state index in [0.717, 1.165) is 22.7 Å². The van der Waals surface area contributed by atoms with Gasteiger partial charge in [0.2, 0.25) is 0 Å². The van der Waals surface area contributed by atoms with Crippen LogP contribution >= 0.6 is 0 Å². The summed E-state index contributed by atoms with van der Waals surface area (Å²) in [5.41, 5.74) is 1.92. The molecule has 4 rings (SSSR count). The number of nitrogens with zero attached hydrogens (tertiary/aromatic N) is 1. The van der Waals surface area contributed by atoms with Crippen molar-refractivity contribution in [3.05, 3.63) is 36.0 Å². The summed E-state index contributed by atoms with van der Waals surface area (Å²) in [5.74, 6) is 2.83. The fourth-order valence-electron chi connectivity index (χ4n) is 2.50. The molecule has 0 saturated carbocycles. The van der Waals surface area contributed by atoms with Crippen molar-refractivity contribution in [2.75, 3.05) is 31.7 Å². The van der Waals surface area contributed by atoms with E-state index in [1.54, 1.807) is 6.20 Å². The van der Waals surface area contributed by atoms with Gasteiger partial charge < -0.3 is 24.3 Å². The van der Waals surface area contributed by atoms with Crippen LogP contribution in [0.3, 0.4) is 0 Å². The monoisotopic (exact) mass is 300 g/mol. The first kappa shape index (κ1) is 13.1. The minimum absolute atomic E-state index is 0.542. The lowest BCUT2D eigenvalue weighted by atomic mass is 10.1. The summed E-state index contributed by atoms with van der Waals surface area (Å²) in [6.07, 6.45) is 1.74. The van der Waals surface area contributed by atoms with Crippen molar-refractivity contribution in [1.82, 2.24) is 4.98 Å². The van der Waals surface area contributed by atoms with Gasteiger partial charge in [0.05, 0.1) is 11.9 Å². The lowest BCUT2D eigenvalue weighted by Gasteiger charge is -2.21. The molecule has 6 heteroatoms. The molecular weight excluding hydrogens is 284 g/mol. The molecule has 1 aromatic heterocycles. The van der Waals surface area contributed by atoms with Gasteiger partial charge in [-0.15, -0.1) is 0 Å². The van der Waals surface area contributed by atoms with Crippen molar-refractivity contribution >= 4 is 5.69 Å². The number of ether oxygens (including phenoxy) is 4. The number of benzene rings is 1. The molecule has 2 aromatic rings. The standard InChI is InChI=1S/C16H16N2O4/c1-2-11(15-13(3-1)19-4-6-21-15)9-17-12-8-14-16(18-10-12)22-7-5-20-14/h1-3,8,10,17H,4-7,9H2. The van der Waals surface area contributed by atoms with Gasteiger partial charge >= 0.3 is 0 Å². The maximum absolute atomic E-state index is 5.71. The predicted molar refractivity (Wildman–Crippen MR) is 80.0 cm³/mol. The number of nitrogens with one attached hydrogen (secondary N) is 1. The van der Waals surface area contributed by atoms with Crippen LogP contribution in [0.2, 0.25) is 0 Å². The molecule has 3 heterocycles.